The summed E-state index contributed by atoms with van der Waals surface area (Å²) in [7, 11) is 3.75. The maximum Gasteiger partial charge on any atom is 0.416 e. The van der Waals surface area contributed by atoms with Crippen LogP contribution in [0.4, 0.5) is 18.9 Å². The van der Waals surface area contributed by atoms with E-state index in [0.29, 0.717) is 35.7 Å². The van der Waals surface area contributed by atoms with Crippen molar-refractivity contribution in [1.29, 1.82) is 0 Å². The number of fused-ring (bicyclic) bond motifs is 1. The van der Waals surface area contributed by atoms with Crippen LogP contribution >= 0.6 is 0 Å². The van der Waals surface area contributed by atoms with Crippen LogP contribution in [0.2, 0.25) is 0 Å². The van der Waals surface area contributed by atoms with Gasteiger partial charge in [-0.1, -0.05) is 12.1 Å². The Labute approximate surface area is 257 Å². The molecule has 1 aliphatic heterocycles. The van der Waals surface area contributed by atoms with Gasteiger partial charge in [0.1, 0.15) is 11.1 Å². The molecule has 5 aromatic rings. The summed E-state index contributed by atoms with van der Waals surface area (Å²) in [4.78, 5) is 30.7. The molecule has 4 heterocycles. The summed E-state index contributed by atoms with van der Waals surface area (Å²) in [5.41, 5.74) is 1.67. The van der Waals surface area contributed by atoms with Crippen molar-refractivity contribution < 1.29 is 22.7 Å². The predicted octanol–water partition coefficient (Wildman–Crippen LogP) is 5.54. The second kappa shape index (κ2) is 12.3. The highest BCUT2D eigenvalue weighted by atomic mass is 19.4. The van der Waals surface area contributed by atoms with Gasteiger partial charge < -0.3 is 15.0 Å². The number of aryl methyl sites for hydroxylation is 2. The average molecular weight is 617 g/mol. The Hall–Kier alpha value is -4.88. The lowest BCUT2D eigenvalue weighted by Gasteiger charge is -2.33. The normalized spacial score (nSPS) is 14.5. The third-order valence-corrected chi connectivity index (χ3v) is 7.82. The minimum absolute atomic E-state index is 0.0485. The lowest BCUT2D eigenvalue weighted by atomic mass is 10.0. The Morgan fingerprint density at radius 2 is 1.73 bits per heavy atom. The summed E-state index contributed by atoms with van der Waals surface area (Å²) >= 11 is 0. The quantitative estimate of drug-likeness (QED) is 0.254. The van der Waals surface area contributed by atoms with E-state index in [1.165, 1.54) is 18.2 Å². The molecule has 0 radical (unpaired) electrons. The molecule has 232 valence electrons. The van der Waals surface area contributed by atoms with Crippen molar-refractivity contribution >= 4 is 22.6 Å². The third kappa shape index (κ3) is 6.64. The fourth-order valence-corrected chi connectivity index (χ4v) is 5.17. The van der Waals surface area contributed by atoms with E-state index in [2.05, 4.69) is 30.3 Å². The van der Waals surface area contributed by atoms with Gasteiger partial charge in [0.2, 0.25) is 5.88 Å². The highest BCUT2D eigenvalue weighted by Crippen LogP contribution is 2.35. The van der Waals surface area contributed by atoms with Gasteiger partial charge in [0.25, 0.3) is 5.91 Å². The summed E-state index contributed by atoms with van der Waals surface area (Å²) in [6, 6.07) is 12.3. The van der Waals surface area contributed by atoms with E-state index >= 15 is 0 Å². The van der Waals surface area contributed by atoms with E-state index in [1.54, 1.807) is 54.6 Å². The topological polar surface area (TPSA) is 101 Å². The molecule has 0 saturated carbocycles. The lowest BCUT2D eigenvalue weighted by molar-refractivity contribution is -0.138. The van der Waals surface area contributed by atoms with Crippen LogP contribution in [-0.4, -0.2) is 73.7 Å². The SMILES string of the molecule is Cc1ccc(C(=O)Nc2ccc(CN3CCN(C)CC3)c(C(F)(F)F)c2)cc1Oc1nc(-c2ccncc2)nc2c1cnn2C. The Morgan fingerprint density at radius 1 is 0.978 bits per heavy atom. The van der Waals surface area contributed by atoms with E-state index in [0.717, 1.165) is 30.3 Å². The fourth-order valence-electron chi connectivity index (χ4n) is 5.17. The number of hydrogen-bond donors (Lipinski definition) is 1. The molecule has 3 aromatic heterocycles. The first kappa shape index (κ1) is 30.2. The lowest BCUT2D eigenvalue weighted by Crippen LogP contribution is -2.44. The molecular weight excluding hydrogens is 585 g/mol. The molecule has 0 aliphatic carbocycles. The van der Waals surface area contributed by atoms with E-state index in [1.807, 2.05) is 18.9 Å². The predicted molar refractivity (Wildman–Crippen MR) is 163 cm³/mol. The summed E-state index contributed by atoms with van der Waals surface area (Å²) in [6.45, 7) is 4.98. The van der Waals surface area contributed by atoms with E-state index in [-0.39, 0.29) is 29.2 Å². The number of anilines is 1. The summed E-state index contributed by atoms with van der Waals surface area (Å²) < 4.78 is 50.1. The van der Waals surface area contributed by atoms with Gasteiger partial charge in [-0.15, -0.1) is 0 Å². The van der Waals surface area contributed by atoms with Crippen molar-refractivity contribution in [2.24, 2.45) is 7.05 Å². The number of carbonyl (C=O) groups excluding carboxylic acids is 1. The Morgan fingerprint density at radius 3 is 2.47 bits per heavy atom. The molecule has 10 nitrogen and oxygen atoms in total. The van der Waals surface area contributed by atoms with Gasteiger partial charge in [0, 0.05) is 69.0 Å². The number of carbonyl (C=O) groups is 1. The zero-order valence-corrected chi connectivity index (χ0v) is 25.0. The fraction of sp³-hybridized carbons (Fsp3) is 0.281. The molecule has 0 bridgehead atoms. The smallest absolute Gasteiger partial charge is 0.416 e. The number of nitrogens with zero attached hydrogens (tertiary/aromatic N) is 7. The number of nitrogens with one attached hydrogen (secondary N) is 1. The van der Waals surface area contributed by atoms with Crippen molar-refractivity contribution in [1.82, 2.24) is 34.5 Å². The van der Waals surface area contributed by atoms with E-state index in [4.69, 9.17) is 4.74 Å². The molecule has 1 amide bonds. The van der Waals surface area contributed by atoms with Crippen LogP contribution in [0.3, 0.4) is 0 Å². The number of pyridine rings is 1. The number of benzene rings is 2. The molecule has 0 spiro atoms. The molecule has 45 heavy (non-hydrogen) atoms. The molecule has 13 heteroatoms. The van der Waals surface area contributed by atoms with E-state index < -0.39 is 17.6 Å². The number of hydrogen-bond acceptors (Lipinski definition) is 8. The molecule has 1 aliphatic rings. The van der Waals surface area contributed by atoms with Gasteiger partial charge in [0.05, 0.1) is 11.8 Å². The maximum atomic E-state index is 14.1. The van der Waals surface area contributed by atoms with Crippen LogP contribution in [-0.2, 0) is 19.8 Å². The van der Waals surface area contributed by atoms with Crippen LogP contribution in [0.25, 0.3) is 22.4 Å². The molecule has 0 atom stereocenters. The maximum absolute atomic E-state index is 14.1. The Kier molecular flexibility index (Phi) is 8.21. The first-order valence-electron chi connectivity index (χ1n) is 14.4. The Balaban J connectivity index is 1.25. The summed E-state index contributed by atoms with van der Waals surface area (Å²) in [6.07, 6.45) is 0.297. The Bertz CT molecular complexity index is 1850. The number of rotatable bonds is 7. The first-order valence-corrected chi connectivity index (χ1v) is 14.4. The summed E-state index contributed by atoms with van der Waals surface area (Å²) in [5.74, 6) is 0.426. The molecule has 1 fully saturated rings. The minimum Gasteiger partial charge on any atom is -0.438 e. The van der Waals surface area contributed by atoms with Crippen LogP contribution in [0.1, 0.15) is 27.0 Å². The molecular formula is C32H31F3N8O2. The number of amides is 1. The van der Waals surface area contributed by atoms with Gasteiger partial charge in [0.15, 0.2) is 11.5 Å². The molecule has 1 N–H and O–H groups in total. The average Bonchev–Trinajstić information content (AvgIpc) is 3.40. The zero-order chi connectivity index (χ0) is 31.7. The standard InChI is InChI=1S/C32H31F3N8O2/c1-20-4-5-22(16-27(20)45-31-25-18-37-42(3)29(25)39-28(40-31)21-8-10-36-11-9-21)30(44)38-24-7-6-23(26(17-24)32(33,34)35)19-43-14-12-41(2)13-15-43/h4-11,16-18H,12-15,19H2,1-3H3,(H,38,44). The number of likely N-dealkylation sites (N-methyl/N-ethyl adjacent to an activating group) is 1. The zero-order valence-electron chi connectivity index (χ0n) is 25.0. The number of alkyl halides is 3. The highest BCUT2D eigenvalue weighted by Gasteiger charge is 2.34. The summed E-state index contributed by atoms with van der Waals surface area (Å²) in [5, 5.41) is 7.48. The second-order valence-corrected chi connectivity index (χ2v) is 11.1. The van der Waals surface area contributed by atoms with Crippen molar-refractivity contribution in [3.05, 3.63) is 89.4 Å². The molecule has 2 aromatic carbocycles. The van der Waals surface area contributed by atoms with Gasteiger partial charge in [-0.2, -0.15) is 23.3 Å². The number of piperazine rings is 1. The number of halogens is 3. The van der Waals surface area contributed by atoms with Gasteiger partial charge >= 0.3 is 6.18 Å². The van der Waals surface area contributed by atoms with Crippen LogP contribution in [0.5, 0.6) is 11.6 Å². The molecule has 1 saturated heterocycles. The number of aromatic nitrogens is 5. The van der Waals surface area contributed by atoms with Crippen molar-refractivity contribution in [3.63, 3.8) is 0 Å². The van der Waals surface area contributed by atoms with Crippen LogP contribution in [0, 0.1) is 6.92 Å². The molecule has 0 unspecified atom stereocenters. The van der Waals surface area contributed by atoms with Gasteiger partial charge in [-0.3, -0.25) is 19.4 Å². The van der Waals surface area contributed by atoms with Crippen LogP contribution in [0.15, 0.2) is 67.1 Å². The largest absolute Gasteiger partial charge is 0.438 e. The van der Waals surface area contributed by atoms with Crippen molar-refractivity contribution in [2.45, 2.75) is 19.6 Å². The van der Waals surface area contributed by atoms with Crippen molar-refractivity contribution in [3.8, 4) is 23.0 Å². The van der Waals surface area contributed by atoms with Gasteiger partial charge in [-0.25, -0.2) is 4.98 Å². The number of ether oxygens (including phenoxy) is 1. The van der Waals surface area contributed by atoms with E-state index in [9.17, 15) is 18.0 Å². The minimum atomic E-state index is -4.57. The highest BCUT2D eigenvalue weighted by molar-refractivity contribution is 6.04. The second-order valence-electron chi connectivity index (χ2n) is 11.1. The van der Waals surface area contributed by atoms with Crippen LogP contribution < -0.4 is 10.1 Å². The van der Waals surface area contributed by atoms with Gasteiger partial charge in [-0.05, 0) is 61.5 Å². The van der Waals surface area contributed by atoms with Crippen molar-refractivity contribution in [2.75, 3.05) is 38.5 Å². The first-order chi connectivity index (χ1) is 21.5. The third-order valence-electron chi connectivity index (χ3n) is 7.82. The monoisotopic (exact) mass is 616 g/mol. The molecule has 6 rings (SSSR count).